The van der Waals surface area contributed by atoms with Gasteiger partial charge in [0.1, 0.15) is 0 Å². The second kappa shape index (κ2) is 12.9. The topological polar surface area (TPSA) is 98.7 Å². The molecule has 3 rings (SSSR count). The van der Waals surface area contributed by atoms with Crippen LogP contribution in [0, 0.1) is 11.8 Å². The van der Waals surface area contributed by atoms with Crippen LogP contribution in [0.1, 0.15) is 80.3 Å². The smallest absolute Gasteiger partial charge is 0.404 e. The van der Waals surface area contributed by atoms with Crippen LogP contribution in [0.25, 0.3) is 0 Å². The average Bonchev–Trinajstić information content (AvgIpc) is 3.02. The summed E-state index contributed by atoms with van der Waals surface area (Å²) >= 11 is 0. The first-order valence-corrected chi connectivity index (χ1v) is 13.0. The lowest BCUT2D eigenvalue weighted by Crippen LogP contribution is -2.38. The lowest BCUT2D eigenvalue weighted by atomic mass is 9.84. The fraction of sp³-hybridized carbons (Fsp3) is 0.667. The van der Waals surface area contributed by atoms with Gasteiger partial charge < -0.3 is 20.6 Å². The van der Waals surface area contributed by atoms with E-state index >= 15 is 0 Å². The number of carbonyl (C=O) groups is 3. The Labute approximate surface area is 203 Å². The first kappa shape index (κ1) is 26.2. The van der Waals surface area contributed by atoms with Crippen LogP contribution >= 0.6 is 0 Å². The minimum atomic E-state index is -1.05. The summed E-state index contributed by atoms with van der Waals surface area (Å²) in [5.41, 5.74) is 3.57. The van der Waals surface area contributed by atoms with Gasteiger partial charge in [0.2, 0.25) is 5.91 Å². The molecule has 0 bridgehead atoms. The van der Waals surface area contributed by atoms with Gasteiger partial charge in [-0.3, -0.25) is 9.59 Å². The van der Waals surface area contributed by atoms with E-state index in [1.807, 2.05) is 19.9 Å². The third-order valence-electron chi connectivity index (χ3n) is 7.33. The highest BCUT2D eigenvalue weighted by Crippen LogP contribution is 2.28. The molecule has 1 saturated carbocycles. The number of carboxylic acid groups (broad SMARTS) is 1. The largest absolute Gasteiger partial charge is 0.465 e. The first-order chi connectivity index (χ1) is 16.3. The van der Waals surface area contributed by atoms with Gasteiger partial charge in [-0.2, -0.15) is 0 Å². The monoisotopic (exact) mass is 471 g/mol. The summed E-state index contributed by atoms with van der Waals surface area (Å²) in [5, 5.41) is 14.0. The second-order valence-electron chi connectivity index (χ2n) is 10.3. The van der Waals surface area contributed by atoms with Gasteiger partial charge in [0.15, 0.2) is 5.78 Å². The molecule has 2 aliphatic rings. The zero-order chi connectivity index (χ0) is 24.5. The Balaban J connectivity index is 1.35. The Morgan fingerprint density at radius 3 is 2.44 bits per heavy atom. The van der Waals surface area contributed by atoms with Gasteiger partial charge in [-0.15, -0.1) is 0 Å². The number of hydrogen-bond donors (Lipinski definition) is 3. The van der Waals surface area contributed by atoms with Gasteiger partial charge in [-0.25, -0.2) is 4.79 Å². The standard InChI is InChI=1S/C27H41N3O4/c1-19(2)26(32)23-8-7-21-12-16-30(17-13-22(21)18-23)15-11-20-5-9-24(10-6-20)29-25(31)4-3-14-28-27(33)34/h7-8,18-20,24,28H,3-6,9-17H2,1-2H3,(H,29,31)(H,33,34). The molecule has 188 valence electrons. The molecule has 1 heterocycles. The van der Waals surface area contributed by atoms with Gasteiger partial charge in [-0.1, -0.05) is 26.0 Å². The van der Waals surface area contributed by atoms with E-state index in [2.05, 4.69) is 27.7 Å². The summed E-state index contributed by atoms with van der Waals surface area (Å²) in [6.45, 7) is 7.47. The molecular weight excluding hydrogens is 430 g/mol. The van der Waals surface area contributed by atoms with Gasteiger partial charge in [0.25, 0.3) is 0 Å². The SMILES string of the molecule is CC(C)C(=O)c1ccc2c(c1)CCN(CCC1CCC(NC(=O)CCCNC(=O)O)CC1)CC2. The lowest BCUT2D eigenvalue weighted by Gasteiger charge is -2.30. The summed E-state index contributed by atoms with van der Waals surface area (Å²) in [6.07, 6.45) is 7.48. The molecule has 0 saturated heterocycles. The van der Waals surface area contributed by atoms with E-state index in [0.717, 1.165) is 63.7 Å². The molecule has 1 aromatic carbocycles. The number of ketones is 1. The summed E-state index contributed by atoms with van der Waals surface area (Å²) in [5.74, 6) is 1.00. The Kier molecular flexibility index (Phi) is 9.93. The number of rotatable bonds is 10. The van der Waals surface area contributed by atoms with Crippen molar-refractivity contribution in [3.05, 3.63) is 34.9 Å². The highest BCUT2D eigenvalue weighted by atomic mass is 16.4. The molecule has 1 aliphatic heterocycles. The maximum atomic E-state index is 12.4. The van der Waals surface area contributed by atoms with Crippen molar-refractivity contribution < 1.29 is 19.5 Å². The molecule has 7 nitrogen and oxygen atoms in total. The van der Waals surface area contributed by atoms with E-state index in [4.69, 9.17) is 5.11 Å². The Hall–Kier alpha value is -2.41. The highest BCUT2D eigenvalue weighted by Gasteiger charge is 2.23. The fourth-order valence-electron chi connectivity index (χ4n) is 5.19. The van der Waals surface area contributed by atoms with Gasteiger partial charge in [0, 0.05) is 43.6 Å². The highest BCUT2D eigenvalue weighted by molar-refractivity contribution is 5.97. The average molecular weight is 472 g/mol. The van der Waals surface area contributed by atoms with E-state index in [-0.39, 0.29) is 23.7 Å². The Morgan fingerprint density at radius 1 is 1.06 bits per heavy atom. The molecule has 0 atom stereocenters. The van der Waals surface area contributed by atoms with Crippen molar-refractivity contribution in [2.24, 2.45) is 11.8 Å². The second-order valence-corrected chi connectivity index (χ2v) is 10.3. The van der Waals surface area contributed by atoms with Crippen LogP contribution in [0.15, 0.2) is 18.2 Å². The molecule has 0 aromatic heterocycles. The fourth-order valence-corrected chi connectivity index (χ4v) is 5.19. The maximum absolute atomic E-state index is 12.4. The molecule has 0 spiro atoms. The molecule has 3 N–H and O–H groups in total. The summed E-state index contributed by atoms with van der Waals surface area (Å²) < 4.78 is 0. The number of nitrogens with one attached hydrogen (secondary N) is 2. The van der Waals surface area contributed by atoms with Gasteiger partial charge in [0.05, 0.1) is 0 Å². The van der Waals surface area contributed by atoms with Gasteiger partial charge >= 0.3 is 6.09 Å². The number of hydrogen-bond acceptors (Lipinski definition) is 4. The molecule has 2 amide bonds. The molecule has 34 heavy (non-hydrogen) atoms. The predicted molar refractivity (Wildman–Crippen MR) is 133 cm³/mol. The van der Waals surface area contributed by atoms with Crippen molar-refractivity contribution in [1.82, 2.24) is 15.5 Å². The van der Waals surface area contributed by atoms with Gasteiger partial charge in [-0.05, 0) is 81.0 Å². The van der Waals surface area contributed by atoms with Crippen molar-refractivity contribution in [3.63, 3.8) is 0 Å². The van der Waals surface area contributed by atoms with Crippen LogP contribution in [-0.4, -0.2) is 60.0 Å². The number of fused-ring (bicyclic) bond motifs is 1. The van der Waals surface area contributed by atoms with Crippen molar-refractivity contribution in [3.8, 4) is 0 Å². The molecule has 1 fully saturated rings. The number of Topliss-reactive ketones (excluding diaryl/α,β-unsaturated/α-hetero) is 1. The number of amides is 2. The minimum Gasteiger partial charge on any atom is -0.465 e. The zero-order valence-electron chi connectivity index (χ0n) is 20.8. The van der Waals surface area contributed by atoms with Crippen LogP contribution in [-0.2, 0) is 17.6 Å². The molecule has 0 unspecified atom stereocenters. The van der Waals surface area contributed by atoms with Crippen molar-refractivity contribution in [1.29, 1.82) is 0 Å². The predicted octanol–water partition coefficient (Wildman–Crippen LogP) is 4.04. The summed E-state index contributed by atoms with van der Waals surface area (Å²) in [4.78, 5) is 37.5. The van der Waals surface area contributed by atoms with Crippen LogP contribution < -0.4 is 10.6 Å². The van der Waals surface area contributed by atoms with E-state index in [9.17, 15) is 14.4 Å². The van der Waals surface area contributed by atoms with Crippen LogP contribution in [0.3, 0.4) is 0 Å². The van der Waals surface area contributed by atoms with Crippen LogP contribution in [0.2, 0.25) is 0 Å². The lowest BCUT2D eigenvalue weighted by molar-refractivity contribution is -0.122. The van der Waals surface area contributed by atoms with Crippen LogP contribution in [0.4, 0.5) is 4.79 Å². The zero-order valence-corrected chi connectivity index (χ0v) is 20.8. The number of benzene rings is 1. The third-order valence-corrected chi connectivity index (χ3v) is 7.33. The molecule has 1 aromatic rings. The van der Waals surface area contributed by atoms with E-state index in [1.165, 1.54) is 17.5 Å². The summed E-state index contributed by atoms with van der Waals surface area (Å²) in [6, 6.07) is 6.54. The Morgan fingerprint density at radius 2 is 1.76 bits per heavy atom. The molecular formula is C27H41N3O4. The maximum Gasteiger partial charge on any atom is 0.404 e. The summed E-state index contributed by atoms with van der Waals surface area (Å²) in [7, 11) is 0. The molecule has 1 aliphatic carbocycles. The van der Waals surface area contributed by atoms with Crippen molar-refractivity contribution in [2.75, 3.05) is 26.2 Å². The number of carbonyl (C=O) groups excluding carboxylic acids is 2. The van der Waals surface area contributed by atoms with E-state index in [1.54, 1.807) is 0 Å². The van der Waals surface area contributed by atoms with Crippen molar-refractivity contribution in [2.45, 2.75) is 77.7 Å². The Bertz CT molecular complexity index is 846. The number of nitrogens with zero attached hydrogens (tertiary/aromatic N) is 1. The van der Waals surface area contributed by atoms with Crippen LogP contribution in [0.5, 0.6) is 0 Å². The van der Waals surface area contributed by atoms with E-state index in [0.29, 0.717) is 25.3 Å². The molecule has 0 radical (unpaired) electrons. The minimum absolute atomic E-state index is 0.0259. The van der Waals surface area contributed by atoms with E-state index < -0.39 is 6.09 Å². The normalized spacial score (nSPS) is 20.9. The quantitative estimate of drug-likeness (QED) is 0.353. The first-order valence-electron chi connectivity index (χ1n) is 13.0. The molecule has 7 heteroatoms. The third kappa shape index (κ3) is 8.12. The van der Waals surface area contributed by atoms with Crippen molar-refractivity contribution >= 4 is 17.8 Å².